The molecule has 2 rings (SSSR count). The molecule has 0 fully saturated rings. The van der Waals surface area contributed by atoms with Gasteiger partial charge in [0.25, 0.3) is 0 Å². The van der Waals surface area contributed by atoms with Crippen LogP contribution in [0.15, 0.2) is 29.9 Å². The van der Waals surface area contributed by atoms with Gasteiger partial charge in [-0.05, 0) is 25.1 Å². The summed E-state index contributed by atoms with van der Waals surface area (Å²) in [5, 5.41) is 6.78. The van der Waals surface area contributed by atoms with Crippen molar-refractivity contribution in [1.82, 2.24) is 15.3 Å². The molecule has 1 N–H and O–H groups in total. The van der Waals surface area contributed by atoms with E-state index in [1.54, 1.807) is 17.5 Å². The maximum atomic E-state index is 4.65. The van der Waals surface area contributed by atoms with Gasteiger partial charge in [-0.1, -0.05) is 19.8 Å². The van der Waals surface area contributed by atoms with Crippen LogP contribution in [0.25, 0.3) is 11.3 Å². The van der Waals surface area contributed by atoms with Crippen molar-refractivity contribution in [1.29, 1.82) is 0 Å². The molecule has 2 heterocycles. The monoisotopic (exact) mass is 275 g/mol. The average molecular weight is 275 g/mol. The number of nitrogens with zero attached hydrogens (tertiary/aromatic N) is 2. The number of unbranched alkanes of at least 4 members (excludes halogenated alkanes) is 2. The molecule has 2 aromatic heterocycles. The maximum absolute atomic E-state index is 4.65. The Morgan fingerprint density at radius 2 is 2.21 bits per heavy atom. The summed E-state index contributed by atoms with van der Waals surface area (Å²) in [7, 11) is 0. The summed E-state index contributed by atoms with van der Waals surface area (Å²) in [5.74, 6) is 0. The maximum Gasteiger partial charge on any atom is 0.0945 e. The molecule has 2 aromatic rings. The standard InChI is InChI=1S/C15H21N3S/c1-2-3-4-8-16-10-7-15-18-14(12-19-15)13-6-5-9-17-11-13/h5-6,9,11-12,16H,2-4,7-8,10H2,1H3. The third kappa shape index (κ3) is 4.73. The third-order valence-corrected chi connectivity index (χ3v) is 3.89. The van der Waals surface area contributed by atoms with Gasteiger partial charge in [0.1, 0.15) is 0 Å². The molecule has 0 saturated carbocycles. The van der Waals surface area contributed by atoms with E-state index in [-0.39, 0.29) is 0 Å². The van der Waals surface area contributed by atoms with Gasteiger partial charge >= 0.3 is 0 Å². The van der Waals surface area contributed by atoms with E-state index < -0.39 is 0 Å². The second kappa shape index (κ2) is 8.02. The second-order valence-corrected chi connectivity index (χ2v) is 5.52. The number of nitrogens with one attached hydrogen (secondary N) is 1. The van der Waals surface area contributed by atoms with E-state index in [4.69, 9.17) is 0 Å². The van der Waals surface area contributed by atoms with Gasteiger partial charge in [0.05, 0.1) is 10.7 Å². The van der Waals surface area contributed by atoms with Crippen molar-refractivity contribution in [3.05, 3.63) is 34.9 Å². The topological polar surface area (TPSA) is 37.8 Å². The van der Waals surface area contributed by atoms with E-state index >= 15 is 0 Å². The Morgan fingerprint density at radius 1 is 1.26 bits per heavy atom. The van der Waals surface area contributed by atoms with E-state index in [1.807, 2.05) is 12.3 Å². The Bertz CT molecular complexity index is 467. The van der Waals surface area contributed by atoms with Crippen LogP contribution in [-0.4, -0.2) is 23.1 Å². The van der Waals surface area contributed by atoms with E-state index in [2.05, 4.69) is 33.7 Å². The lowest BCUT2D eigenvalue weighted by Gasteiger charge is -2.01. The van der Waals surface area contributed by atoms with Gasteiger partial charge in [0, 0.05) is 36.3 Å². The van der Waals surface area contributed by atoms with Crippen LogP contribution in [-0.2, 0) is 6.42 Å². The molecule has 0 saturated heterocycles. The summed E-state index contributed by atoms with van der Waals surface area (Å²) in [5.41, 5.74) is 2.14. The SMILES string of the molecule is CCCCCNCCc1nc(-c2cccnc2)cs1. The summed E-state index contributed by atoms with van der Waals surface area (Å²) in [6, 6.07) is 4.00. The van der Waals surface area contributed by atoms with Crippen LogP contribution >= 0.6 is 11.3 Å². The number of rotatable bonds is 8. The first-order valence-electron chi connectivity index (χ1n) is 6.95. The first-order chi connectivity index (χ1) is 9.40. The molecule has 0 unspecified atom stereocenters. The highest BCUT2D eigenvalue weighted by atomic mass is 32.1. The van der Waals surface area contributed by atoms with Crippen LogP contribution < -0.4 is 5.32 Å². The molecular weight excluding hydrogens is 254 g/mol. The molecule has 4 heteroatoms. The van der Waals surface area contributed by atoms with E-state index in [0.29, 0.717) is 0 Å². The van der Waals surface area contributed by atoms with Crippen LogP contribution in [0.3, 0.4) is 0 Å². The van der Waals surface area contributed by atoms with Crippen molar-refractivity contribution >= 4 is 11.3 Å². The molecule has 0 bridgehead atoms. The minimum atomic E-state index is 1.01. The first-order valence-corrected chi connectivity index (χ1v) is 7.83. The zero-order valence-electron chi connectivity index (χ0n) is 11.4. The molecule has 3 nitrogen and oxygen atoms in total. The summed E-state index contributed by atoms with van der Waals surface area (Å²) in [4.78, 5) is 8.78. The Balaban J connectivity index is 1.75. The van der Waals surface area contributed by atoms with Gasteiger partial charge in [-0.3, -0.25) is 4.98 Å². The zero-order chi connectivity index (χ0) is 13.3. The molecule has 0 radical (unpaired) electrons. The largest absolute Gasteiger partial charge is 0.316 e. The average Bonchev–Trinajstić information content (AvgIpc) is 2.92. The minimum absolute atomic E-state index is 1.01. The fourth-order valence-corrected chi connectivity index (χ4v) is 2.70. The van der Waals surface area contributed by atoms with Gasteiger partial charge in [0.2, 0.25) is 0 Å². The normalized spacial score (nSPS) is 10.8. The van der Waals surface area contributed by atoms with Gasteiger partial charge in [0.15, 0.2) is 0 Å². The predicted molar refractivity (Wildman–Crippen MR) is 81.4 cm³/mol. The third-order valence-electron chi connectivity index (χ3n) is 2.98. The lowest BCUT2D eigenvalue weighted by Crippen LogP contribution is -2.18. The Labute approximate surface area is 119 Å². The minimum Gasteiger partial charge on any atom is -0.316 e. The van der Waals surface area contributed by atoms with Crippen molar-refractivity contribution in [2.45, 2.75) is 32.6 Å². The van der Waals surface area contributed by atoms with Crippen molar-refractivity contribution < 1.29 is 0 Å². The molecule has 0 aromatic carbocycles. The first kappa shape index (κ1) is 14.2. The van der Waals surface area contributed by atoms with E-state index in [1.165, 1.54) is 24.3 Å². The van der Waals surface area contributed by atoms with Crippen molar-refractivity contribution in [2.75, 3.05) is 13.1 Å². The zero-order valence-corrected chi connectivity index (χ0v) is 12.2. The Kier molecular flexibility index (Phi) is 5.98. The van der Waals surface area contributed by atoms with Gasteiger partial charge in [-0.25, -0.2) is 4.98 Å². The number of hydrogen-bond donors (Lipinski definition) is 1. The molecule has 0 spiro atoms. The molecule has 0 aliphatic carbocycles. The molecule has 0 aliphatic heterocycles. The smallest absolute Gasteiger partial charge is 0.0945 e. The van der Waals surface area contributed by atoms with Crippen LogP contribution in [0.1, 0.15) is 31.2 Å². The summed E-state index contributed by atoms with van der Waals surface area (Å²) in [6.07, 6.45) is 8.53. The molecule has 0 atom stereocenters. The number of pyridine rings is 1. The van der Waals surface area contributed by atoms with Crippen LogP contribution in [0.5, 0.6) is 0 Å². The number of hydrogen-bond acceptors (Lipinski definition) is 4. The van der Waals surface area contributed by atoms with E-state index in [0.717, 1.165) is 30.8 Å². The predicted octanol–water partition coefficient (Wildman–Crippen LogP) is 3.53. The molecule has 102 valence electrons. The fourth-order valence-electron chi connectivity index (χ4n) is 1.89. The molecule has 19 heavy (non-hydrogen) atoms. The molecular formula is C15H21N3S. The van der Waals surface area contributed by atoms with Crippen LogP contribution in [0.4, 0.5) is 0 Å². The van der Waals surface area contributed by atoms with Crippen LogP contribution in [0, 0.1) is 0 Å². The Morgan fingerprint density at radius 3 is 3.00 bits per heavy atom. The molecule has 0 amide bonds. The molecule has 0 aliphatic rings. The quantitative estimate of drug-likeness (QED) is 0.749. The summed E-state index contributed by atoms with van der Waals surface area (Å²) >= 11 is 1.73. The highest BCUT2D eigenvalue weighted by Gasteiger charge is 2.04. The number of aromatic nitrogens is 2. The lowest BCUT2D eigenvalue weighted by atomic mass is 10.2. The van der Waals surface area contributed by atoms with Crippen LogP contribution in [0.2, 0.25) is 0 Å². The number of thiazole rings is 1. The highest BCUT2D eigenvalue weighted by molar-refractivity contribution is 7.09. The second-order valence-electron chi connectivity index (χ2n) is 4.58. The summed E-state index contributed by atoms with van der Waals surface area (Å²) < 4.78 is 0. The van der Waals surface area contributed by atoms with Crippen molar-refractivity contribution in [3.8, 4) is 11.3 Å². The van der Waals surface area contributed by atoms with Gasteiger partial charge in [-0.2, -0.15) is 0 Å². The van der Waals surface area contributed by atoms with Crippen molar-refractivity contribution in [3.63, 3.8) is 0 Å². The van der Waals surface area contributed by atoms with Gasteiger partial charge < -0.3 is 5.32 Å². The summed E-state index contributed by atoms with van der Waals surface area (Å²) in [6.45, 7) is 4.37. The highest BCUT2D eigenvalue weighted by Crippen LogP contribution is 2.20. The fraction of sp³-hybridized carbons (Fsp3) is 0.467. The van der Waals surface area contributed by atoms with E-state index in [9.17, 15) is 0 Å². The lowest BCUT2D eigenvalue weighted by molar-refractivity contribution is 0.616. The Hall–Kier alpha value is -1.26. The van der Waals surface area contributed by atoms with Crippen molar-refractivity contribution in [2.24, 2.45) is 0 Å². The van der Waals surface area contributed by atoms with Gasteiger partial charge in [-0.15, -0.1) is 11.3 Å².